The van der Waals surface area contributed by atoms with Gasteiger partial charge in [-0.3, -0.25) is 14.9 Å². The van der Waals surface area contributed by atoms with Gasteiger partial charge < -0.3 is 15.4 Å². The summed E-state index contributed by atoms with van der Waals surface area (Å²) in [6.45, 7) is 4.30. The predicted octanol–water partition coefficient (Wildman–Crippen LogP) is 4.27. The summed E-state index contributed by atoms with van der Waals surface area (Å²) in [6.07, 6.45) is 1.49. The van der Waals surface area contributed by atoms with Gasteiger partial charge in [-0.1, -0.05) is 29.8 Å². The number of anilines is 2. The van der Waals surface area contributed by atoms with E-state index >= 15 is 0 Å². The lowest BCUT2D eigenvalue weighted by Gasteiger charge is -2.29. The number of carbonyl (C=O) groups is 2. The maximum atomic E-state index is 13.4. The zero-order valence-electron chi connectivity index (χ0n) is 17.3. The summed E-state index contributed by atoms with van der Waals surface area (Å²) >= 11 is 3.52. The van der Waals surface area contributed by atoms with Crippen molar-refractivity contribution in [2.75, 3.05) is 17.7 Å². The van der Waals surface area contributed by atoms with Crippen molar-refractivity contribution in [3.63, 3.8) is 0 Å². The Labute approximate surface area is 184 Å². The third-order valence-electron chi connectivity index (χ3n) is 5.92. The Balaban J connectivity index is 1.69. The van der Waals surface area contributed by atoms with E-state index in [0.717, 1.165) is 27.9 Å². The molecule has 0 aliphatic carbocycles. The third kappa shape index (κ3) is 3.61. The van der Waals surface area contributed by atoms with Crippen LogP contribution in [0.2, 0.25) is 0 Å². The molecule has 7 heteroatoms. The van der Waals surface area contributed by atoms with Gasteiger partial charge in [-0.15, -0.1) is 0 Å². The summed E-state index contributed by atoms with van der Waals surface area (Å²) in [6, 6.07) is 13.0. The van der Waals surface area contributed by atoms with Crippen molar-refractivity contribution in [1.29, 1.82) is 0 Å². The van der Waals surface area contributed by atoms with E-state index in [9.17, 15) is 9.59 Å². The van der Waals surface area contributed by atoms with Crippen LogP contribution >= 0.6 is 15.9 Å². The highest BCUT2D eigenvalue weighted by molar-refractivity contribution is 9.10. The molecule has 30 heavy (non-hydrogen) atoms. The predicted molar refractivity (Wildman–Crippen MR) is 121 cm³/mol. The van der Waals surface area contributed by atoms with Gasteiger partial charge in [0.2, 0.25) is 11.8 Å². The van der Waals surface area contributed by atoms with E-state index in [1.165, 1.54) is 0 Å². The molecule has 0 aromatic heterocycles. The van der Waals surface area contributed by atoms with Crippen molar-refractivity contribution in [2.45, 2.75) is 38.3 Å². The topological polar surface area (TPSA) is 79.5 Å². The molecule has 0 unspecified atom stereocenters. The molecule has 1 saturated heterocycles. The molecule has 2 aliphatic heterocycles. The summed E-state index contributed by atoms with van der Waals surface area (Å²) < 4.78 is 6.06. The zero-order valence-corrected chi connectivity index (χ0v) is 18.9. The molecular formula is C23H26BrN3O3. The zero-order chi connectivity index (χ0) is 21.5. The molecular weight excluding hydrogens is 446 g/mol. The molecule has 0 saturated carbocycles. The van der Waals surface area contributed by atoms with Crippen molar-refractivity contribution in [1.82, 2.24) is 5.32 Å². The number of carbonyl (C=O) groups excluding carboxylic acids is 2. The fourth-order valence-electron chi connectivity index (χ4n) is 4.66. The van der Waals surface area contributed by atoms with Gasteiger partial charge in [0.25, 0.3) is 0 Å². The van der Waals surface area contributed by atoms with Crippen LogP contribution in [0.1, 0.15) is 32.3 Å². The Hall–Kier alpha value is -2.38. The molecule has 2 heterocycles. The molecule has 4 rings (SSSR count). The van der Waals surface area contributed by atoms with Gasteiger partial charge in [-0.05, 0) is 61.2 Å². The van der Waals surface area contributed by atoms with Gasteiger partial charge in [0.15, 0.2) is 0 Å². The Kier molecular flexibility index (Phi) is 5.59. The minimum atomic E-state index is -1.07. The van der Waals surface area contributed by atoms with Crippen LogP contribution in [0, 0.1) is 11.8 Å². The molecule has 2 amide bonds. The minimum Gasteiger partial charge on any atom is -0.497 e. The average Bonchev–Trinajstić information content (AvgIpc) is 3.21. The van der Waals surface area contributed by atoms with Crippen molar-refractivity contribution in [2.24, 2.45) is 11.8 Å². The molecule has 2 aliphatic rings. The summed E-state index contributed by atoms with van der Waals surface area (Å²) in [5.41, 5.74) is 1.18. The lowest BCUT2D eigenvalue weighted by atomic mass is 9.79. The average molecular weight is 472 g/mol. The Morgan fingerprint density at radius 3 is 2.67 bits per heavy atom. The maximum Gasteiger partial charge on any atom is 0.250 e. The lowest BCUT2D eigenvalue weighted by molar-refractivity contribution is -0.130. The summed E-state index contributed by atoms with van der Waals surface area (Å²) in [5.74, 6) is 0.310. The van der Waals surface area contributed by atoms with Crippen LogP contribution in [-0.2, 0) is 15.1 Å². The van der Waals surface area contributed by atoms with Crippen LogP contribution in [0.4, 0.5) is 11.4 Å². The number of ether oxygens (including phenoxy) is 1. The summed E-state index contributed by atoms with van der Waals surface area (Å²) in [5, 5.41) is 9.53. The standard InChI is InChI=1S/C23H26BrN3O3/c1-13(2)10-16-12-19(21(28)25-15-5-7-17(30-3)8-6-15)23(27-16)18-11-14(24)4-9-20(18)26-22(23)29/h4-9,11,13,16,19,27H,10,12H2,1-3H3,(H,25,28)(H,26,29)/t16-,19+,23-/m1/s1. The normalized spacial score (nSPS) is 24.8. The summed E-state index contributed by atoms with van der Waals surface area (Å²) in [7, 11) is 1.60. The highest BCUT2D eigenvalue weighted by Crippen LogP contribution is 2.48. The van der Waals surface area contributed by atoms with Crippen LogP contribution in [-0.4, -0.2) is 25.0 Å². The number of amides is 2. The number of rotatable bonds is 5. The smallest absolute Gasteiger partial charge is 0.250 e. The van der Waals surface area contributed by atoms with E-state index < -0.39 is 11.5 Å². The van der Waals surface area contributed by atoms with Crippen molar-refractivity contribution in [3.8, 4) is 5.75 Å². The minimum absolute atomic E-state index is 0.0762. The van der Waals surface area contributed by atoms with Crippen LogP contribution < -0.4 is 20.7 Å². The molecule has 3 atom stereocenters. The molecule has 1 fully saturated rings. The number of fused-ring (bicyclic) bond motifs is 2. The highest BCUT2D eigenvalue weighted by Gasteiger charge is 2.60. The monoisotopic (exact) mass is 471 g/mol. The van der Waals surface area contributed by atoms with Gasteiger partial charge in [0.1, 0.15) is 11.3 Å². The Morgan fingerprint density at radius 2 is 2.00 bits per heavy atom. The second-order valence-electron chi connectivity index (χ2n) is 8.43. The van der Waals surface area contributed by atoms with E-state index in [0.29, 0.717) is 18.0 Å². The van der Waals surface area contributed by atoms with Gasteiger partial charge in [0.05, 0.1) is 13.0 Å². The summed E-state index contributed by atoms with van der Waals surface area (Å²) in [4.78, 5) is 26.7. The number of hydrogen-bond acceptors (Lipinski definition) is 4. The lowest BCUT2D eigenvalue weighted by Crippen LogP contribution is -2.52. The molecule has 0 bridgehead atoms. The van der Waals surface area contributed by atoms with E-state index in [2.05, 4.69) is 45.7 Å². The molecule has 2 aromatic rings. The molecule has 6 nitrogen and oxygen atoms in total. The first kappa shape index (κ1) is 20.9. The Bertz CT molecular complexity index is 976. The fourth-order valence-corrected chi connectivity index (χ4v) is 5.02. The second-order valence-corrected chi connectivity index (χ2v) is 9.34. The second kappa shape index (κ2) is 8.04. The third-order valence-corrected chi connectivity index (χ3v) is 6.41. The SMILES string of the molecule is COc1ccc(NC(=O)[C@@H]2C[C@@H](CC(C)C)N[C@@]23C(=O)Nc2ccc(Br)cc23)cc1. The van der Waals surface area contributed by atoms with Crippen molar-refractivity contribution < 1.29 is 14.3 Å². The van der Waals surface area contributed by atoms with Gasteiger partial charge in [-0.25, -0.2) is 0 Å². The van der Waals surface area contributed by atoms with Crippen LogP contribution in [0.3, 0.4) is 0 Å². The molecule has 158 valence electrons. The van der Waals surface area contributed by atoms with Crippen molar-refractivity contribution >= 4 is 39.1 Å². The van der Waals surface area contributed by atoms with Gasteiger partial charge >= 0.3 is 0 Å². The maximum absolute atomic E-state index is 13.4. The molecule has 3 N–H and O–H groups in total. The number of halogens is 1. The number of methoxy groups -OCH3 is 1. The van der Waals surface area contributed by atoms with E-state index in [1.54, 1.807) is 31.4 Å². The fraction of sp³-hybridized carbons (Fsp3) is 0.391. The highest BCUT2D eigenvalue weighted by atomic mass is 79.9. The quantitative estimate of drug-likeness (QED) is 0.608. The number of nitrogens with one attached hydrogen (secondary N) is 3. The Morgan fingerprint density at radius 1 is 1.27 bits per heavy atom. The number of benzene rings is 2. The first-order valence-electron chi connectivity index (χ1n) is 10.2. The van der Waals surface area contributed by atoms with Crippen LogP contribution in [0.15, 0.2) is 46.9 Å². The largest absolute Gasteiger partial charge is 0.497 e. The van der Waals surface area contributed by atoms with Crippen molar-refractivity contribution in [3.05, 3.63) is 52.5 Å². The first-order chi connectivity index (χ1) is 14.3. The van der Waals surface area contributed by atoms with E-state index in [1.807, 2.05) is 18.2 Å². The number of hydrogen-bond donors (Lipinski definition) is 3. The van der Waals surface area contributed by atoms with Gasteiger partial charge in [-0.2, -0.15) is 0 Å². The first-order valence-corrected chi connectivity index (χ1v) is 11.0. The van der Waals surface area contributed by atoms with Crippen LogP contribution in [0.5, 0.6) is 5.75 Å². The molecule has 0 radical (unpaired) electrons. The molecule has 2 aromatic carbocycles. The molecule has 1 spiro atoms. The van der Waals surface area contributed by atoms with E-state index in [-0.39, 0.29) is 17.9 Å². The van der Waals surface area contributed by atoms with E-state index in [4.69, 9.17) is 4.74 Å². The van der Waals surface area contributed by atoms with Crippen LogP contribution in [0.25, 0.3) is 0 Å². The van der Waals surface area contributed by atoms with Gasteiger partial charge in [0, 0.05) is 27.5 Å².